The normalized spacial score (nSPS) is 11.7. The Morgan fingerprint density at radius 3 is 2.78 bits per heavy atom. The van der Waals surface area contributed by atoms with E-state index in [1.165, 1.54) is 6.07 Å². The van der Waals surface area contributed by atoms with Crippen molar-refractivity contribution in [1.29, 1.82) is 0 Å². The first-order chi connectivity index (χ1) is 11.1. The number of hydrogen-bond donors (Lipinski definition) is 2. The first-order valence-electron chi connectivity index (χ1n) is 7.31. The topological polar surface area (TPSA) is 54.9 Å². The molecule has 0 aliphatic rings. The maximum Gasteiger partial charge on any atom is 0.387 e. The minimum absolute atomic E-state index is 0.127. The number of aliphatic imine (C=N–C) groups is 1. The molecule has 5 nitrogen and oxygen atoms in total. The zero-order chi connectivity index (χ0) is 17.1. The maximum atomic E-state index is 12.5. The van der Waals surface area contributed by atoms with Gasteiger partial charge in [-0.05, 0) is 31.5 Å². The van der Waals surface area contributed by atoms with Crippen LogP contribution in [0.15, 0.2) is 27.7 Å². The van der Waals surface area contributed by atoms with Gasteiger partial charge in [0.1, 0.15) is 5.75 Å². The summed E-state index contributed by atoms with van der Waals surface area (Å²) in [6, 6.07) is 4.87. The standard InChI is InChI=1S/C15H22BrF2N3O2/c1-3-19-15(20-7-4-8-22-2)21-10-11-9-12(16)5-6-13(11)23-14(17)18/h5-6,9,14H,3-4,7-8,10H2,1-2H3,(H2,19,20,21). The molecule has 0 heterocycles. The predicted octanol–water partition coefficient (Wildman–Crippen LogP) is 3.14. The van der Waals surface area contributed by atoms with E-state index in [2.05, 4.69) is 36.3 Å². The van der Waals surface area contributed by atoms with Crippen molar-refractivity contribution >= 4 is 21.9 Å². The number of hydrogen-bond acceptors (Lipinski definition) is 3. The van der Waals surface area contributed by atoms with Crippen LogP contribution in [0.5, 0.6) is 5.75 Å². The second-order valence-corrected chi connectivity index (χ2v) is 5.51. The van der Waals surface area contributed by atoms with E-state index in [1.54, 1.807) is 19.2 Å². The number of nitrogens with zero attached hydrogens (tertiary/aromatic N) is 1. The average Bonchev–Trinajstić information content (AvgIpc) is 2.51. The Morgan fingerprint density at radius 1 is 1.35 bits per heavy atom. The lowest BCUT2D eigenvalue weighted by Gasteiger charge is -2.13. The number of methoxy groups -OCH3 is 1. The van der Waals surface area contributed by atoms with Crippen LogP contribution in [0.4, 0.5) is 8.78 Å². The average molecular weight is 394 g/mol. The predicted molar refractivity (Wildman–Crippen MR) is 90.1 cm³/mol. The van der Waals surface area contributed by atoms with Gasteiger partial charge in [0.05, 0.1) is 6.54 Å². The van der Waals surface area contributed by atoms with Gasteiger partial charge < -0.3 is 20.1 Å². The van der Waals surface area contributed by atoms with E-state index in [4.69, 9.17) is 4.74 Å². The summed E-state index contributed by atoms with van der Waals surface area (Å²) >= 11 is 3.32. The minimum Gasteiger partial charge on any atom is -0.434 e. The van der Waals surface area contributed by atoms with E-state index in [1.807, 2.05) is 6.92 Å². The Kier molecular flexibility index (Phi) is 9.54. The first-order valence-corrected chi connectivity index (χ1v) is 8.10. The second kappa shape index (κ2) is 11.2. The highest BCUT2D eigenvalue weighted by atomic mass is 79.9. The Bertz CT molecular complexity index is 502. The molecule has 1 rings (SSSR count). The summed E-state index contributed by atoms with van der Waals surface area (Å²) in [5.74, 6) is 0.744. The van der Waals surface area contributed by atoms with Crippen LogP contribution in [0.1, 0.15) is 18.9 Å². The van der Waals surface area contributed by atoms with Gasteiger partial charge in [-0.25, -0.2) is 4.99 Å². The van der Waals surface area contributed by atoms with Gasteiger partial charge in [-0.2, -0.15) is 8.78 Å². The first kappa shape index (κ1) is 19.6. The molecule has 1 aromatic carbocycles. The molecule has 130 valence electrons. The summed E-state index contributed by atoms with van der Waals surface area (Å²) in [6.45, 7) is 1.38. The lowest BCUT2D eigenvalue weighted by molar-refractivity contribution is -0.0504. The van der Waals surface area contributed by atoms with Gasteiger partial charge >= 0.3 is 6.61 Å². The lowest BCUT2D eigenvalue weighted by Crippen LogP contribution is -2.38. The van der Waals surface area contributed by atoms with Crippen LogP contribution < -0.4 is 15.4 Å². The number of rotatable bonds is 9. The summed E-state index contributed by atoms with van der Waals surface area (Å²) in [4.78, 5) is 4.40. The van der Waals surface area contributed by atoms with E-state index in [-0.39, 0.29) is 12.3 Å². The van der Waals surface area contributed by atoms with Gasteiger partial charge in [0.2, 0.25) is 0 Å². The third kappa shape index (κ3) is 8.13. The quantitative estimate of drug-likeness (QED) is 0.384. The molecule has 0 bridgehead atoms. The van der Waals surface area contributed by atoms with Crippen molar-refractivity contribution in [2.75, 3.05) is 26.8 Å². The third-order valence-electron chi connectivity index (χ3n) is 2.81. The molecule has 0 aliphatic carbocycles. The second-order valence-electron chi connectivity index (χ2n) is 4.60. The Morgan fingerprint density at radius 2 is 2.13 bits per heavy atom. The number of nitrogens with one attached hydrogen (secondary N) is 2. The third-order valence-corrected chi connectivity index (χ3v) is 3.30. The van der Waals surface area contributed by atoms with E-state index in [0.717, 1.165) is 10.9 Å². The highest BCUT2D eigenvalue weighted by molar-refractivity contribution is 9.10. The zero-order valence-electron chi connectivity index (χ0n) is 13.2. The van der Waals surface area contributed by atoms with Crippen molar-refractivity contribution in [2.45, 2.75) is 26.5 Å². The molecule has 0 radical (unpaired) electrons. The fourth-order valence-corrected chi connectivity index (χ4v) is 2.22. The summed E-state index contributed by atoms with van der Waals surface area (Å²) in [7, 11) is 1.65. The monoisotopic (exact) mass is 393 g/mol. The van der Waals surface area contributed by atoms with E-state index < -0.39 is 6.61 Å². The Hall–Kier alpha value is -1.41. The number of guanidine groups is 1. The molecule has 0 aromatic heterocycles. The van der Waals surface area contributed by atoms with Gasteiger partial charge in [-0.15, -0.1) is 0 Å². The van der Waals surface area contributed by atoms with Gasteiger partial charge in [0.15, 0.2) is 5.96 Å². The number of ether oxygens (including phenoxy) is 2. The molecule has 0 aliphatic heterocycles. The molecule has 0 amide bonds. The van der Waals surface area contributed by atoms with Crippen molar-refractivity contribution in [2.24, 2.45) is 4.99 Å². The van der Waals surface area contributed by atoms with Crippen molar-refractivity contribution in [3.8, 4) is 5.75 Å². The minimum atomic E-state index is -2.86. The van der Waals surface area contributed by atoms with Crippen LogP contribution in [0, 0.1) is 0 Å². The molecule has 0 saturated heterocycles. The SMILES string of the molecule is CCNC(=NCc1cc(Br)ccc1OC(F)F)NCCCOC. The fraction of sp³-hybridized carbons (Fsp3) is 0.533. The van der Waals surface area contributed by atoms with Gasteiger partial charge in [-0.3, -0.25) is 0 Å². The summed E-state index contributed by atoms with van der Waals surface area (Å²) in [6.07, 6.45) is 0.845. The van der Waals surface area contributed by atoms with Gasteiger partial charge in [0, 0.05) is 36.8 Å². The van der Waals surface area contributed by atoms with Crippen molar-refractivity contribution < 1.29 is 18.3 Å². The molecular formula is C15H22BrF2N3O2. The summed E-state index contributed by atoms with van der Waals surface area (Å²) < 4.78 is 35.2. The molecular weight excluding hydrogens is 372 g/mol. The van der Waals surface area contributed by atoms with Crippen molar-refractivity contribution in [1.82, 2.24) is 10.6 Å². The molecule has 0 atom stereocenters. The molecule has 1 aromatic rings. The Labute approximate surface area is 143 Å². The number of alkyl halides is 2. The molecule has 23 heavy (non-hydrogen) atoms. The van der Waals surface area contributed by atoms with Crippen LogP contribution >= 0.6 is 15.9 Å². The molecule has 2 N–H and O–H groups in total. The van der Waals surface area contributed by atoms with Crippen molar-refractivity contribution in [3.63, 3.8) is 0 Å². The van der Waals surface area contributed by atoms with Crippen LogP contribution in [0.3, 0.4) is 0 Å². The zero-order valence-corrected chi connectivity index (χ0v) is 14.8. The highest BCUT2D eigenvalue weighted by Crippen LogP contribution is 2.25. The van der Waals surface area contributed by atoms with Crippen molar-refractivity contribution in [3.05, 3.63) is 28.2 Å². The molecule has 0 unspecified atom stereocenters. The van der Waals surface area contributed by atoms with E-state index >= 15 is 0 Å². The largest absolute Gasteiger partial charge is 0.434 e. The fourth-order valence-electron chi connectivity index (χ4n) is 1.81. The van der Waals surface area contributed by atoms with Gasteiger partial charge in [0.25, 0.3) is 0 Å². The lowest BCUT2D eigenvalue weighted by atomic mass is 10.2. The molecule has 0 spiro atoms. The maximum absolute atomic E-state index is 12.5. The molecule has 0 saturated carbocycles. The number of benzene rings is 1. The van der Waals surface area contributed by atoms with Crippen LogP contribution in [0.2, 0.25) is 0 Å². The highest BCUT2D eigenvalue weighted by Gasteiger charge is 2.10. The summed E-state index contributed by atoms with van der Waals surface area (Å²) in [5.41, 5.74) is 0.578. The van der Waals surface area contributed by atoms with E-state index in [9.17, 15) is 8.78 Å². The molecule has 0 fully saturated rings. The van der Waals surface area contributed by atoms with E-state index in [0.29, 0.717) is 31.2 Å². The Balaban J connectivity index is 2.75. The van der Waals surface area contributed by atoms with Crippen LogP contribution in [-0.4, -0.2) is 39.4 Å². The smallest absolute Gasteiger partial charge is 0.387 e. The van der Waals surface area contributed by atoms with Crippen LogP contribution in [-0.2, 0) is 11.3 Å². The summed E-state index contributed by atoms with van der Waals surface area (Å²) in [5, 5.41) is 6.26. The molecule has 8 heteroatoms. The van der Waals surface area contributed by atoms with Crippen LogP contribution in [0.25, 0.3) is 0 Å². The van der Waals surface area contributed by atoms with Gasteiger partial charge in [-0.1, -0.05) is 15.9 Å². The number of halogens is 3.